The Bertz CT molecular complexity index is 2180. The zero-order valence-corrected chi connectivity index (χ0v) is 25.8. The van der Waals surface area contributed by atoms with E-state index in [1.165, 1.54) is 44.5 Å². The Labute approximate surface area is 269 Å². The third-order valence-electron chi connectivity index (χ3n) is 10.0. The molecule has 0 N–H and O–H groups in total. The molecule has 2 aliphatic rings. The van der Waals surface area contributed by atoms with Crippen molar-refractivity contribution in [1.29, 1.82) is 0 Å². The quantitative estimate of drug-likeness (QED) is 0.206. The fraction of sp³-hybridized carbons (Fsp3) is 0.0930. The second-order valence-corrected chi connectivity index (χ2v) is 12.8. The number of pyridine rings is 1. The van der Waals surface area contributed by atoms with Gasteiger partial charge in [-0.3, -0.25) is 4.98 Å². The zero-order chi connectivity index (χ0) is 30.9. The highest BCUT2D eigenvalue weighted by molar-refractivity contribution is 5.88. The first-order valence-electron chi connectivity index (χ1n) is 15.9. The van der Waals surface area contributed by atoms with Crippen LogP contribution in [-0.2, 0) is 10.8 Å². The summed E-state index contributed by atoms with van der Waals surface area (Å²) in [6, 6.07) is 52.2. The predicted octanol–water partition coefficient (Wildman–Crippen LogP) is 9.87. The topological polar surface area (TPSA) is 38.7 Å². The van der Waals surface area contributed by atoms with Crippen LogP contribution in [0, 0.1) is 0 Å². The first-order chi connectivity index (χ1) is 22.6. The first-order valence-corrected chi connectivity index (χ1v) is 15.9. The fourth-order valence-corrected chi connectivity index (χ4v) is 7.97. The average Bonchev–Trinajstić information content (AvgIpc) is 3.42. The van der Waals surface area contributed by atoms with Gasteiger partial charge in [0.1, 0.15) is 0 Å². The molecule has 0 saturated carbocycles. The molecule has 0 bridgehead atoms. The Morgan fingerprint density at radius 1 is 0.413 bits per heavy atom. The summed E-state index contributed by atoms with van der Waals surface area (Å²) in [6.07, 6.45) is 1.81. The maximum absolute atomic E-state index is 5.16. The Morgan fingerprint density at radius 2 is 1.00 bits per heavy atom. The van der Waals surface area contributed by atoms with Crippen molar-refractivity contribution >= 4 is 0 Å². The summed E-state index contributed by atoms with van der Waals surface area (Å²) in [5.41, 5.74) is 14.5. The Hall–Kier alpha value is -5.67. The predicted molar refractivity (Wildman–Crippen MR) is 186 cm³/mol. The number of rotatable bonds is 3. The molecule has 0 fully saturated rings. The molecule has 0 amide bonds. The van der Waals surface area contributed by atoms with Gasteiger partial charge in [0.05, 0.1) is 22.5 Å². The number of hydrogen-bond donors (Lipinski definition) is 0. The van der Waals surface area contributed by atoms with Crippen LogP contribution in [-0.4, -0.2) is 15.0 Å². The Morgan fingerprint density at radius 3 is 1.70 bits per heavy atom. The number of nitrogens with zero attached hydrogens (tertiary/aromatic N) is 3. The minimum absolute atomic E-state index is 0.249. The Kier molecular flexibility index (Phi) is 5.76. The van der Waals surface area contributed by atoms with Gasteiger partial charge in [0.15, 0.2) is 5.82 Å². The van der Waals surface area contributed by atoms with Crippen LogP contribution in [0.5, 0.6) is 0 Å². The molecule has 0 aliphatic heterocycles. The lowest BCUT2D eigenvalue weighted by Crippen LogP contribution is -2.40. The van der Waals surface area contributed by atoms with Gasteiger partial charge in [-0.25, -0.2) is 9.97 Å². The van der Waals surface area contributed by atoms with Gasteiger partial charge in [0, 0.05) is 22.7 Å². The fourth-order valence-electron chi connectivity index (χ4n) is 7.97. The van der Waals surface area contributed by atoms with Gasteiger partial charge in [-0.2, -0.15) is 0 Å². The minimum atomic E-state index is -0.418. The number of fused-ring (bicyclic) bond motifs is 9. The van der Waals surface area contributed by atoms with Gasteiger partial charge >= 0.3 is 0 Å². The van der Waals surface area contributed by atoms with E-state index in [2.05, 4.69) is 122 Å². The molecule has 3 heteroatoms. The van der Waals surface area contributed by atoms with Crippen molar-refractivity contribution < 1.29 is 0 Å². The Balaban J connectivity index is 1.33. The van der Waals surface area contributed by atoms with E-state index < -0.39 is 5.41 Å². The van der Waals surface area contributed by atoms with Crippen molar-refractivity contribution in [2.45, 2.75) is 24.7 Å². The summed E-state index contributed by atoms with van der Waals surface area (Å²) < 4.78 is 0. The lowest BCUT2D eigenvalue weighted by atomic mass is 9.55. The molecular weight excluding hydrogens is 558 g/mol. The first kappa shape index (κ1) is 26.7. The van der Waals surface area contributed by atoms with Crippen molar-refractivity contribution in [2.75, 3.05) is 0 Å². The smallest absolute Gasteiger partial charge is 0.160 e. The normalized spacial score (nSPS) is 14.7. The molecule has 0 atom stereocenters. The largest absolute Gasteiger partial charge is 0.255 e. The summed E-state index contributed by atoms with van der Waals surface area (Å²) in [5.74, 6) is 0.695. The zero-order valence-electron chi connectivity index (χ0n) is 25.8. The van der Waals surface area contributed by atoms with Crippen LogP contribution in [0.3, 0.4) is 0 Å². The highest BCUT2D eigenvalue weighted by Gasteiger charge is 2.53. The van der Waals surface area contributed by atoms with E-state index in [1.54, 1.807) is 0 Å². The molecule has 2 heterocycles. The SMILES string of the molecule is CC1(C)c2ccccc2C2(c3ccccc3-c3ccccc32)c2ccc(-c3nc(-c4ccccc4)cc(-c4ccccn4)n3)cc21. The monoisotopic (exact) mass is 589 g/mol. The van der Waals surface area contributed by atoms with Crippen LogP contribution in [0.4, 0.5) is 0 Å². The van der Waals surface area contributed by atoms with E-state index >= 15 is 0 Å². The van der Waals surface area contributed by atoms with Crippen LogP contribution in [0.25, 0.3) is 45.2 Å². The maximum Gasteiger partial charge on any atom is 0.160 e. The van der Waals surface area contributed by atoms with E-state index in [9.17, 15) is 0 Å². The number of hydrogen-bond acceptors (Lipinski definition) is 3. The van der Waals surface area contributed by atoms with Crippen molar-refractivity contribution in [3.8, 4) is 45.2 Å². The van der Waals surface area contributed by atoms with Crippen molar-refractivity contribution in [1.82, 2.24) is 15.0 Å². The summed E-state index contributed by atoms with van der Waals surface area (Å²) >= 11 is 0. The molecule has 46 heavy (non-hydrogen) atoms. The van der Waals surface area contributed by atoms with Crippen molar-refractivity contribution in [3.05, 3.63) is 185 Å². The van der Waals surface area contributed by atoms with Gasteiger partial charge in [-0.05, 0) is 68.8 Å². The second kappa shape index (κ2) is 9.92. The summed E-state index contributed by atoms with van der Waals surface area (Å²) in [7, 11) is 0. The maximum atomic E-state index is 5.16. The molecule has 5 aromatic carbocycles. The van der Waals surface area contributed by atoms with Crippen LogP contribution >= 0.6 is 0 Å². The van der Waals surface area contributed by atoms with Crippen LogP contribution in [0.15, 0.2) is 152 Å². The van der Waals surface area contributed by atoms with Gasteiger partial charge in [-0.1, -0.05) is 135 Å². The van der Waals surface area contributed by atoms with E-state index in [0.29, 0.717) is 5.82 Å². The van der Waals surface area contributed by atoms with Gasteiger partial charge in [-0.15, -0.1) is 0 Å². The molecule has 1 spiro atoms. The van der Waals surface area contributed by atoms with Crippen molar-refractivity contribution in [3.63, 3.8) is 0 Å². The third-order valence-corrected chi connectivity index (χ3v) is 10.0. The standard InChI is InChI=1S/C43H31N3/c1-42(2)34-20-10-11-21-35(34)43(32-18-8-6-16-30(32)31-17-7-9-19-33(31)43)36-24-23-29(26-37(36)42)41-45-39(28-14-4-3-5-15-28)27-40(46-41)38-22-12-13-25-44-38/h3-27H,1-2H3. The average molecular weight is 590 g/mol. The number of aromatic nitrogens is 3. The van der Waals surface area contributed by atoms with Gasteiger partial charge in [0.25, 0.3) is 0 Å². The number of benzene rings is 5. The van der Waals surface area contributed by atoms with E-state index in [0.717, 1.165) is 28.2 Å². The summed E-state index contributed by atoms with van der Waals surface area (Å²) in [5, 5.41) is 0. The molecule has 218 valence electrons. The van der Waals surface area contributed by atoms with E-state index in [4.69, 9.17) is 9.97 Å². The van der Waals surface area contributed by atoms with Gasteiger partial charge in [0.2, 0.25) is 0 Å². The third kappa shape index (κ3) is 3.69. The molecule has 3 nitrogen and oxygen atoms in total. The summed E-state index contributed by atoms with van der Waals surface area (Å²) in [6.45, 7) is 4.71. The van der Waals surface area contributed by atoms with Crippen molar-refractivity contribution in [2.24, 2.45) is 0 Å². The van der Waals surface area contributed by atoms with Crippen LogP contribution < -0.4 is 0 Å². The molecule has 0 saturated heterocycles. The van der Waals surface area contributed by atoms with Crippen LogP contribution in [0.1, 0.15) is 47.2 Å². The minimum Gasteiger partial charge on any atom is -0.255 e. The molecule has 2 aromatic heterocycles. The molecule has 0 unspecified atom stereocenters. The molecule has 7 aromatic rings. The van der Waals surface area contributed by atoms with Gasteiger partial charge < -0.3 is 0 Å². The molecule has 0 radical (unpaired) electrons. The highest BCUT2D eigenvalue weighted by Crippen LogP contribution is 2.62. The lowest BCUT2D eigenvalue weighted by Gasteiger charge is -2.46. The molecule has 2 aliphatic carbocycles. The van der Waals surface area contributed by atoms with E-state index in [-0.39, 0.29) is 5.41 Å². The van der Waals surface area contributed by atoms with Crippen LogP contribution in [0.2, 0.25) is 0 Å². The second-order valence-electron chi connectivity index (χ2n) is 12.8. The lowest BCUT2D eigenvalue weighted by molar-refractivity contribution is 0.563. The molecular formula is C43H31N3. The summed E-state index contributed by atoms with van der Waals surface area (Å²) in [4.78, 5) is 14.9. The highest BCUT2D eigenvalue weighted by atomic mass is 14.9. The van der Waals surface area contributed by atoms with E-state index in [1.807, 2.05) is 48.7 Å². The molecule has 9 rings (SSSR count).